The number of rotatable bonds is 4. The minimum Gasteiger partial charge on any atom is -0.389 e. The molecule has 2 atom stereocenters. The lowest BCUT2D eigenvalue weighted by molar-refractivity contribution is 0.199. The zero-order chi connectivity index (χ0) is 9.56. The quantitative estimate of drug-likeness (QED) is 0.640. The van der Waals surface area contributed by atoms with Gasteiger partial charge in [0.2, 0.25) is 0 Å². The van der Waals surface area contributed by atoms with Gasteiger partial charge in [-0.15, -0.1) is 0 Å². The van der Waals surface area contributed by atoms with E-state index in [2.05, 4.69) is 13.0 Å². The van der Waals surface area contributed by atoms with Crippen molar-refractivity contribution in [3.05, 3.63) is 23.8 Å². The molecule has 0 aliphatic heterocycles. The summed E-state index contributed by atoms with van der Waals surface area (Å²) < 4.78 is 0. The van der Waals surface area contributed by atoms with Crippen LogP contribution in [0.1, 0.15) is 34.1 Å². The molecule has 2 unspecified atom stereocenters. The third-order valence-electron chi connectivity index (χ3n) is 1.66. The van der Waals surface area contributed by atoms with Crippen molar-refractivity contribution < 1.29 is 5.11 Å². The third-order valence-corrected chi connectivity index (χ3v) is 1.66. The molecular formula is C11H20O. The second-order valence-electron chi connectivity index (χ2n) is 3.55. The summed E-state index contributed by atoms with van der Waals surface area (Å²) in [4.78, 5) is 0. The smallest absolute Gasteiger partial charge is 0.0728 e. The lowest BCUT2D eigenvalue weighted by Crippen LogP contribution is -2.07. The van der Waals surface area contributed by atoms with Crippen molar-refractivity contribution in [2.24, 2.45) is 5.92 Å². The van der Waals surface area contributed by atoms with Gasteiger partial charge in [0.15, 0.2) is 0 Å². The van der Waals surface area contributed by atoms with Gasteiger partial charge in [0.1, 0.15) is 0 Å². The molecule has 0 amide bonds. The third kappa shape index (κ3) is 6.17. The van der Waals surface area contributed by atoms with E-state index in [0.717, 1.165) is 6.42 Å². The van der Waals surface area contributed by atoms with Gasteiger partial charge >= 0.3 is 0 Å². The Morgan fingerprint density at radius 3 is 2.42 bits per heavy atom. The number of hydrogen-bond acceptors (Lipinski definition) is 1. The Morgan fingerprint density at radius 2 is 2.00 bits per heavy atom. The monoisotopic (exact) mass is 168 g/mol. The highest BCUT2D eigenvalue weighted by atomic mass is 16.3. The Morgan fingerprint density at radius 1 is 1.42 bits per heavy atom. The largest absolute Gasteiger partial charge is 0.389 e. The molecule has 0 saturated carbocycles. The van der Waals surface area contributed by atoms with Crippen molar-refractivity contribution >= 4 is 0 Å². The number of hydrogen-bond donors (Lipinski definition) is 1. The Kier molecular flexibility index (Phi) is 5.73. The highest BCUT2D eigenvalue weighted by molar-refractivity contribution is 4.99. The van der Waals surface area contributed by atoms with E-state index in [1.807, 2.05) is 32.9 Å². The summed E-state index contributed by atoms with van der Waals surface area (Å²) in [5.74, 6) is 0.459. The molecule has 0 heterocycles. The molecule has 0 bridgehead atoms. The van der Waals surface area contributed by atoms with Gasteiger partial charge in [0.05, 0.1) is 6.10 Å². The summed E-state index contributed by atoms with van der Waals surface area (Å²) >= 11 is 0. The average Bonchev–Trinajstić information content (AvgIpc) is 1.84. The van der Waals surface area contributed by atoms with Gasteiger partial charge in [-0.2, -0.15) is 0 Å². The topological polar surface area (TPSA) is 20.2 Å². The van der Waals surface area contributed by atoms with Gasteiger partial charge in [-0.25, -0.2) is 0 Å². The van der Waals surface area contributed by atoms with Gasteiger partial charge in [0.25, 0.3) is 0 Å². The summed E-state index contributed by atoms with van der Waals surface area (Å²) in [6.45, 7) is 8.12. The Labute approximate surface area is 75.8 Å². The van der Waals surface area contributed by atoms with Crippen LogP contribution in [0.15, 0.2) is 23.8 Å². The first-order valence-electron chi connectivity index (χ1n) is 4.52. The molecule has 0 fully saturated rings. The minimum absolute atomic E-state index is 0.291. The summed E-state index contributed by atoms with van der Waals surface area (Å²) in [5, 5.41) is 9.51. The molecule has 0 spiro atoms. The number of aliphatic hydroxyl groups is 1. The van der Waals surface area contributed by atoms with E-state index in [4.69, 9.17) is 0 Å². The van der Waals surface area contributed by atoms with E-state index in [1.54, 1.807) is 0 Å². The maximum Gasteiger partial charge on any atom is 0.0728 e. The maximum absolute atomic E-state index is 9.51. The molecule has 1 nitrogen and oxygen atoms in total. The fourth-order valence-electron chi connectivity index (χ4n) is 1.24. The molecule has 0 saturated heterocycles. The van der Waals surface area contributed by atoms with Crippen LogP contribution in [0.3, 0.4) is 0 Å². The number of aliphatic hydroxyl groups excluding tert-OH is 1. The van der Waals surface area contributed by atoms with Gasteiger partial charge in [-0.05, 0) is 33.1 Å². The molecule has 1 heteroatoms. The highest BCUT2D eigenvalue weighted by Crippen LogP contribution is 2.09. The van der Waals surface area contributed by atoms with Crippen molar-refractivity contribution in [2.75, 3.05) is 0 Å². The van der Waals surface area contributed by atoms with E-state index in [0.29, 0.717) is 5.92 Å². The van der Waals surface area contributed by atoms with Crippen LogP contribution in [-0.2, 0) is 0 Å². The first kappa shape index (κ1) is 11.4. The molecule has 0 aliphatic rings. The van der Waals surface area contributed by atoms with Crippen molar-refractivity contribution in [3.8, 4) is 0 Å². The van der Waals surface area contributed by atoms with Gasteiger partial charge < -0.3 is 5.11 Å². The van der Waals surface area contributed by atoms with Crippen LogP contribution in [0.4, 0.5) is 0 Å². The molecule has 0 aromatic heterocycles. The lowest BCUT2D eigenvalue weighted by atomic mass is 10.0. The highest BCUT2D eigenvalue weighted by Gasteiger charge is 2.03. The predicted octanol–water partition coefficient (Wildman–Crippen LogP) is 2.92. The van der Waals surface area contributed by atoms with Crippen LogP contribution in [-0.4, -0.2) is 11.2 Å². The molecular weight excluding hydrogens is 148 g/mol. The van der Waals surface area contributed by atoms with Crippen LogP contribution in [0, 0.1) is 5.92 Å². The molecule has 0 aromatic rings. The fourth-order valence-corrected chi connectivity index (χ4v) is 1.24. The Hall–Kier alpha value is -0.560. The normalized spacial score (nSPS) is 16.1. The summed E-state index contributed by atoms with van der Waals surface area (Å²) in [7, 11) is 0. The molecule has 0 rings (SSSR count). The van der Waals surface area contributed by atoms with Gasteiger partial charge in [-0.3, -0.25) is 0 Å². The van der Waals surface area contributed by atoms with Crippen LogP contribution in [0.25, 0.3) is 0 Å². The van der Waals surface area contributed by atoms with Crippen LogP contribution >= 0.6 is 0 Å². The van der Waals surface area contributed by atoms with Crippen LogP contribution < -0.4 is 0 Å². The zero-order valence-electron chi connectivity index (χ0n) is 8.54. The maximum atomic E-state index is 9.51. The molecule has 70 valence electrons. The van der Waals surface area contributed by atoms with Crippen LogP contribution in [0.2, 0.25) is 0 Å². The van der Waals surface area contributed by atoms with E-state index in [9.17, 15) is 5.11 Å². The summed E-state index contributed by atoms with van der Waals surface area (Å²) in [5.41, 5.74) is 1.18. The fraction of sp³-hybridized carbons (Fsp3) is 0.636. The Bertz CT molecular complexity index is 164. The van der Waals surface area contributed by atoms with E-state index in [1.165, 1.54) is 5.57 Å². The second-order valence-corrected chi connectivity index (χ2v) is 3.55. The standard InChI is InChI=1S/C11H20O/c1-5-6-10(4)8-11(12)7-9(2)3/h5-7,10-12H,8H2,1-4H3/b6-5-. The molecule has 0 aromatic carbocycles. The van der Waals surface area contributed by atoms with Crippen molar-refractivity contribution in [3.63, 3.8) is 0 Å². The van der Waals surface area contributed by atoms with E-state index < -0.39 is 0 Å². The lowest BCUT2D eigenvalue weighted by Gasteiger charge is -2.09. The molecule has 0 radical (unpaired) electrons. The average molecular weight is 168 g/mol. The molecule has 1 N–H and O–H groups in total. The summed E-state index contributed by atoms with van der Waals surface area (Å²) in [6.07, 6.45) is 6.57. The van der Waals surface area contributed by atoms with Gasteiger partial charge in [0, 0.05) is 0 Å². The first-order chi connectivity index (χ1) is 5.56. The van der Waals surface area contributed by atoms with E-state index in [-0.39, 0.29) is 6.10 Å². The van der Waals surface area contributed by atoms with Crippen LogP contribution in [0.5, 0.6) is 0 Å². The molecule has 0 aliphatic carbocycles. The first-order valence-corrected chi connectivity index (χ1v) is 4.52. The van der Waals surface area contributed by atoms with E-state index >= 15 is 0 Å². The van der Waals surface area contributed by atoms with Gasteiger partial charge in [-0.1, -0.05) is 30.7 Å². The minimum atomic E-state index is -0.291. The number of allylic oxidation sites excluding steroid dienone is 3. The molecule has 12 heavy (non-hydrogen) atoms. The SMILES string of the molecule is C/C=C\C(C)CC(O)C=C(C)C. The second kappa shape index (κ2) is 6.01. The van der Waals surface area contributed by atoms with Crippen molar-refractivity contribution in [1.82, 2.24) is 0 Å². The van der Waals surface area contributed by atoms with Crippen molar-refractivity contribution in [1.29, 1.82) is 0 Å². The zero-order valence-corrected chi connectivity index (χ0v) is 8.54. The Balaban J connectivity index is 3.84. The van der Waals surface area contributed by atoms with Crippen molar-refractivity contribution in [2.45, 2.75) is 40.2 Å². The summed E-state index contributed by atoms with van der Waals surface area (Å²) in [6, 6.07) is 0. The predicted molar refractivity (Wildman–Crippen MR) is 54.0 cm³/mol.